The number of ether oxygens (including phenoxy) is 3. The van der Waals surface area contributed by atoms with E-state index < -0.39 is 23.8 Å². The fourth-order valence-corrected chi connectivity index (χ4v) is 4.10. The Morgan fingerprint density at radius 3 is 2.64 bits per heavy atom. The van der Waals surface area contributed by atoms with E-state index in [-0.39, 0.29) is 29.2 Å². The number of fused-ring (bicyclic) bond motifs is 1. The quantitative estimate of drug-likeness (QED) is 0.223. The second-order valence-electron chi connectivity index (χ2n) is 7.94. The first kappa shape index (κ1) is 23.3. The van der Waals surface area contributed by atoms with Gasteiger partial charge in [-0.05, 0) is 67.1 Å². The van der Waals surface area contributed by atoms with Crippen LogP contribution in [0.3, 0.4) is 0 Å². The second kappa shape index (κ2) is 9.31. The van der Waals surface area contributed by atoms with Crippen LogP contribution in [0.5, 0.6) is 17.2 Å². The zero-order valence-corrected chi connectivity index (χ0v) is 20.3. The summed E-state index contributed by atoms with van der Waals surface area (Å²) in [5.74, 6) is -1.29. The molecule has 3 aromatic rings. The number of nitrogens with one attached hydrogen (secondary N) is 1. The molecule has 9 nitrogen and oxygen atoms in total. The molecule has 1 fully saturated rings. The molecule has 2 heterocycles. The van der Waals surface area contributed by atoms with Crippen LogP contribution in [-0.4, -0.2) is 30.6 Å². The molecule has 2 aliphatic heterocycles. The van der Waals surface area contributed by atoms with Gasteiger partial charge in [-0.2, -0.15) is 0 Å². The van der Waals surface area contributed by atoms with Crippen LogP contribution in [0.15, 0.2) is 70.7 Å². The molecule has 0 saturated carbocycles. The smallest absolute Gasteiger partial charge is 0.343 e. The predicted molar refractivity (Wildman–Crippen MR) is 132 cm³/mol. The van der Waals surface area contributed by atoms with Crippen molar-refractivity contribution in [2.45, 2.75) is 6.92 Å². The molecule has 0 atom stereocenters. The van der Waals surface area contributed by atoms with E-state index in [4.69, 9.17) is 14.2 Å². The molecule has 1 saturated heterocycles. The van der Waals surface area contributed by atoms with Gasteiger partial charge in [0, 0.05) is 10.0 Å². The number of aryl methyl sites for hydroxylation is 1. The van der Waals surface area contributed by atoms with Crippen LogP contribution in [0.2, 0.25) is 0 Å². The fraction of sp³-hybridized carbons (Fsp3) is 0.0769. The number of urea groups is 1. The third-order valence-electron chi connectivity index (χ3n) is 5.44. The van der Waals surface area contributed by atoms with Crippen molar-refractivity contribution in [2.24, 2.45) is 0 Å². The molecule has 0 spiro atoms. The fourth-order valence-electron chi connectivity index (χ4n) is 3.72. The Morgan fingerprint density at radius 2 is 1.83 bits per heavy atom. The highest BCUT2D eigenvalue weighted by molar-refractivity contribution is 9.10. The summed E-state index contributed by atoms with van der Waals surface area (Å²) < 4.78 is 16.8. The molecule has 3 aromatic carbocycles. The number of carbonyl (C=O) groups is 4. The summed E-state index contributed by atoms with van der Waals surface area (Å²) in [7, 11) is 0. The second-order valence-corrected chi connectivity index (χ2v) is 8.85. The lowest BCUT2D eigenvalue weighted by Gasteiger charge is -2.26. The highest BCUT2D eigenvalue weighted by atomic mass is 79.9. The highest BCUT2D eigenvalue weighted by Gasteiger charge is 2.37. The lowest BCUT2D eigenvalue weighted by Crippen LogP contribution is -2.54. The van der Waals surface area contributed by atoms with E-state index in [1.54, 1.807) is 36.4 Å². The van der Waals surface area contributed by atoms with Crippen molar-refractivity contribution in [3.05, 3.63) is 87.4 Å². The first-order valence-corrected chi connectivity index (χ1v) is 11.5. The molecule has 10 heteroatoms. The number of rotatable bonds is 4. The van der Waals surface area contributed by atoms with Crippen molar-refractivity contribution < 1.29 is 33.4 Å². The lowest BCUT2D eigenvalue weighted by molar-refractivity contribution is -0.122. The first-order chi connectivity index (χ1) is 17.3. The molecule has 0 aliphatic carbocycles. The number of halogens is 1. The summed E-state index contributed by atoms with van der Waals surface area (Å²) in [5, 5.41) is 2.19. The Balaban J connectivity index is 1.48. The van der Waals surface area contributed by atoms with E-state index in [2.05, 4.69) is 21.2 Å². The Kier molecular flexibility index (Phi) is 6.03. The van der Waals surface area contributed by atoms with E-state index >= 15 is 0 Å². The first-order valence-electron chi connectivity index (χ1n) is 10.7. The number of barbiturate groups is 1. The largest absolute Gasteiger partial charge is 0.454 e. The van der Waals surface area contributed by atoms with Gasteiger partial charge in [-0.3, -0.25) is 14.9 Å². The Labute approximate surface area is 213 Å². The minimum atomic E-state index is -0.859. The molecule has 1 N–H and O–H groups in total. The minimum Gasteiger partial charge on any atom is -0.454 e. The van der Waals surface area contributed by atoms with Gasteiger partial charge in [0.1, 0.15) is 11.3 Å². The third kappa shape index (κ3) is 4.46. The van der Waals surface area contributed by atoms with Gasteiger partial charge in [-0.15, -0.1) is 0 Å². The summed E-state index contributed by atoms with van der Waals surface area (Å²) in [6.45, 7) is 1.89. The van der Waals surface area contributed by atoms with Crippen molar-refractivity contribution in [3.63, 3.8) is 0 Å². The van der Waals surface area contributed by atoms with Gasteiger partial charge in [0.05, 0.1) is 11.3 Å². The van der Waals surface area contributed by atoms with Crippen LogP contribution in [0.4, 0.5) is 10.5 Å². The van der Waals surface area contributed by atoms with E-state index in [1.807, 2.05) is 13.0 Å². The van der Waals surface area contributed by atoms with Crippen LogP contribution >= 0.6 is 15.9 Å². The van der Waals surface area contributed by atoms with Crippen LogP contribution in [-0.2, 0) is 9.59 Å². The summed E-state index contributed by atoms with van der Waals surface area (Å²) in [4.78, 5) is 52.1. The van der Waals surface area contributed by atoms with Gasteiger partial charge in [0.15, 0.2) is 11.5 Å². The number of hydrogen-bond acceptors (Lipinski definition) is 7. The number of benzene rings is 3. The zero-order chi connectivity index (χ0) is 25.4. The molecular weight excluding hydrogens is 532 g/mol. The zero-order valence-electron chi connectivity index (χ0n) is 18.7. The molecule has 4 amide bonds. The van der Waals surface area contributed by atoms with Crippen LogP contribution < -0.4 is 24.4 Å². The maximum Gasteiger partial charge on any atom is 0.343 e. The summed E-state index contributed by atoms with van der Waals surface area (Å²) >= 11 is 3.35. The molecule has 2 aliphatic rings. The van der Waals surface area contributed by atoms with Gasteiger partial charge in [0.2, 0.25) is 6.79 Å². The van der Waals surface area contributed by atoms with Crippen molar-refractivity contribution in [1.29, 1.82) is 0 Å². The van der Waals surface area contributed by atoms with E-state index in [1.165, 1.54) is 24.3 Å². The third-order valence-corrected chi connectivity index (χ3v) is 5.94. The number of hydrogen-bond donors (Lipinski definition) is 1. The molecule has 36 heavy (non-hydrogen) atoms. The molecule has 0 aromatic heterocycles. The molecule has 0 radical (unpaired) electrons. The van der Waals surface area contributed by atoms with Gasteiger partial charge in [-0.1, -0.05) is 28.1 Å². The topological polar surface area (TPSA) is 111 Å². The number of esters is 1. The lowest BCUT2D eigenvalue weighted by atomic mass is 10.1. The van der Waals surface area contributed by atoms with Crippen molar-refractivity contribution in [1.82, 2.24) is 5.32 Å². The van der Waals surface area contributed by atoms with E-state index in [0.29, 0.717) is 21.7 Å². The highest BCUT2D eigenvalue weighted by Crippen LogP contribution is 2.34. The Hall–Kier alpha value is -4.44. The maximum atomic E-state index is 13.2. The molecule has 180 valence electrons. The van der Waals surface area contributed by atoms with E-state index in [9.17, 15) is 19.2 Å². The molecular formula is C26H17BrN2O7. The normalized spacial score (nSPS) is 15.8. The minimum absolute atomic E-state index is 0.0659. The van der Waals surface area contributed by atoms with Gasteiger partial charge in [0.25, 0.3) is 11.8 Å². The van der Waals surface area contributed by atoms with E-state index in [0.717, 1.165) is 10.5 Å². The number of nitrogens with zero attached hydrogens (tertiary/aromatic N) is 1. The summed E-state index contributed by atoms with van der Waals surface area (Å²) in [6.07, 6.45) is 1.28. The predicted octanol–water partition coefficient (Wildman–Crippen LogP) is 4.37. The number of amides is 4. The van der Waals surface area contributed by atoms with Gasteiger partial charge in [-0.25, -0.2) is 14.5 Å². The maximum absolute atomic E-state index is 13.2. The van der Waals surface area contributed by atoms with Crippen LogP contribution in [0.1, 0.15) is 21.5 Å². The van der Waals surface area contributed by atoms with Crippen molar-refractivity contribution >= 4 is 51.5 Å². The monoisotopic (exact) mass is 548 g/mol. The van der Waals surface area contributed by atoms with Crippen LogP contribution in [0, 0.1) is 6.92 Å². The molecule has 0 unspecified atom stereocenters. The van der Waals surface area contributed by atoms with Gasteiger partial charge < -0.3 is 14.2 Å². The van der Waals surface area contributed by atoms with Crippen LogP contribution in [0.25, 0.3) is 6.08 Å². The SMILES string of the molecule is Cc1cccc(N2C(=O)NC(=O)/C(=C/c3cc(Br)ccc3OC(=O)c3ccc4c(c3)OCO4)C2=O)c1. The van der Waals surface area contributed by atoms with Crippen molar-refractivity contribution in [3.8, 4) is 17.2 Å². The Morgan fingerprint density at radius 1 is 1.03 bits per heavy atom. The Bertz CT molecular complexity index is 1480. The average molecular weight is 549 g/mol. The molecule has 5 rings (SSSR count). The summed E-state index contributed by atoms with van der Waals surface area (Å²) in [5.41, 5.74) is 1.36. The number of carbonyl (C=O) groups excluding carboxylic acids is 4. The standard InChI is InChI=1S/C26H17BrN2O7/c1-14-3-2-4-18(9-14)29-24(31)19(23(30)28-26(29)33)11-16-10-17(27)6-8-20(16)36-25(32)15-5-7-21-22(12-15)35-13-34-21/h2-12H,13H2,1H3,(H,28,30,33)/b19-11-. The van der Waals surface area contributed by atoms with Gasteiger partial charge >= 0.3 is 12.0 Å². The number of imide groups is 2. The summed E-state index contributed by atoms with van der Waals surface area (Å²) in [6, 6.07) is 15.3. The molecule has 0 bridgehead atoms. The van der Waals surface area contributed by atoms with Crippen molar-refractivity contribution in [2.75, 3.05) is 11.7 Å². The average Bonchev–Trinajstić information content (AvgIpc) is 3.31. The number of anilines is 1.